The zero-order valence-electron chi connectivity index (χ0n) is 8.75. The van der Waals surface area contributed by atoms with Crippen LogP contribution in [-0.4, -0.2) is 46.8 Å². The second-order valence-corrected chi connectivity index (χ2v) is 5.65. The monoisotopic (exact) mass is 235 g/mol. The lowest BCUT2D eigenvalue weighted by Gasteiger charge is -2.26. The molecule has 0 radical (unpaired) electrons. The van der Waals surface area contributed by atoms with Gasteiger partial charge in [-0.05, 0) is 26.1 Å². The highest BCUT2D eigenvalue weighted by atomic mass is 32.2. The number of hydrogen-bond donors (Lipinski definition) is 3. The highest BCUT2D eigenvalue weighted by Gasteiger charge is 2.19. The van der Waals surface area contributed by atoms with Crippen molar-refractivity contribution in [1.29, 1.82) is 0 Å². The maximum atomic E-state index is 11.3. The molecule has 1 rings (SSSR count). The van der Waals surface area contributed by atoms with Crippen LogP contribution in [0.15, 0.2) is 0 Å². The van der Waals surface area contributed by atoms with E-state index in [0.29, 0.717) is 12.3 Å². The van der Waals surface area contributed by atoms with Crippen LogP contribution in [0.2, 0.25) is 0 Å². The van der Waals surface area contributed by atoms with E-state index in [2.05, 4.69) is 15.4 Å². The van der Waals surface area contributed by atoms with E-state index in [4.69, 9.17) is 0 Å². The Morgan fingerprint density at radius 3 is 2.60 bits per heavy atom. The van der Waals surface area contributed by atoms with Crippen LogP contribution in [0.3, 0.4) is 0 Å². The van der Waals surface area contributed by atoms with Crippen LogP contribution in [0, 0.1) is 5.92 Å². The van der Waals surface area contributed by atoms with Crippen LogP contribution in [0.25, 0.3) is 0 Å². The third kappa shape index (κ3) is 4.59. The molecule has 0 unspecified atom stereocenters. The van der Waals surface area contributed by atoms with Crippen LogP contribution in [0.1, 0.15) is 6.42 Å². The first-order chi connectivity index (χ1) is 7.03. The van der Waals surface area contributed by atoms with Gasteiger partial charge >= 0.3 is 0 Å². The summed E-state index contributed by atoms with van der Waals surface area (Å²) in [6.07, 6.45) is 0.479. The van der Waals surface area contributed by atoms with Crippen LogP contribution in [0.5, 0.6) is 0 Å². The lowest BCUT2D eigenvalue weighted by atomic mass is 9.99. The molecule has 0 aromatic rings. The van der Waals surface area contributed by atoms with Gasteiger partial charge in [0.05, 0.1) is 5.75 Å². The lowest BCUT2D eigenvalue weighted by Crippen LogP contribution is -2.45. The molecule has 0 spiro atoms. The first-order valence-electron chi connectivity index (χ1n) is 4.92. The Morgan fingerprint density at radius 2 is 2.13 bits per heavy atom. The minimum absolute atomic E-state index is 0.0713. The fourth-order valence-corrected chi connectivity index (χ4v) is 1.83. The first-order valence-corrected chi connectivity index (χ1v) is 6.57. The fourth-order valence-electron chi connectivity index (χ4n) is 1.25. The highest BCUT2D eigenvalue weighted by molar-refractivity contribution is 7.89. The van der Waals surface area contributed by atoms with Gasteiger partial charge < -0.3 is 10.6 Å². The van der Waals surface area contributed by atoms with Gasteiger partial charge in [-0.1, -0.05) is 0 Å². The SMILES string of the molecule is CNS(=O)(=O)CCNC(=O)CC1CNC1. The number of hydrogen-bond acceptors (Lipinski definition) is 4. The van der Waals surface area contributed by atoms with Crippen LogP contribution >= 0.6 is 0 Å². The van der Waals surface area contributed by atoms with Crippen molar-refractivity contribution in [3.8, 4) is 0 Å². The van der Waals surface area contributed by atoms with Gasteiger partial charge in [0.2, 0.25) is 15.9 Å². The number of rotatable bonds is 6. The Hall–Kier alpha value is -0.660. The van der Waals surface area contributed by atoms with Gasteiger partial charge in [-0.15, -0.1) is 0 Å². The van der Waals surface area contributed by atoms with E-state index >= 15 is 0 Å². The minimum atomic E-state index is -3.21. The summed E-state index contributed by atoms with van der Waals surface area (Å²) in [6.45, 7) is 1.92. The summed E-state index contributed by atoms with van der Waals surface area (Å²) >= 11 is 0. The topological polar surface area (TPSA) is 87.3 Å². The molecule has 0 atom stereocenters. The molecule has 7 heteroatoms. The van der Waals surface area contributed by atoms with E-state index in [-0.39, 0.29) is 18.2 Å². The summed E-state index contributed by atoms with van der Waals surface area (Å²) in [7, 11) is -1.85. The lowest BCUT2D eigenvalue weighted by molar-refractivity contribution is -0.122. The maximum Gasteiger partial charge on any atom is 0.220 e. The summed E-state index contributed by atoms with van der Waals surface area (Å²) < 4.78 is 24.2. The molecule has 1 aliphatic heterocycles. The summed E-state index contributed by atoms with van der Waals surface area (Å²) in [5.41, 5.74) is 0. The van der Waals surface area contributed by atoms with Gasteiger partial charge in [0.25, 0.3) is 0 Å². The third-order valence-electron chi connectivity index (χ3n) is 2.34. The van der Waals surface area contributed by atoms with Crippen molar-refractivity contribution in [3.63, 3.8) is 0 Å². The van der Waals surface area contributed by atoms with Crippen molar-refractivity contribution in [2.75, 3.05) is 32.4 Å². The van der Waals surface area contributed by atoms with Gasteiger partial charge in [-0.2, -0.15) is 0 Å². The van der Waals surface area contributed by atoms with Crippen LogP contribution in [0.4, 0.5) is 0 Å². The van der Waals surface area contributed by atoms with Gasteiger partial charge in [-0.25, -0.2) is 13.1 Å². The molecule has 1 amide bonds. The normalized spacial score (nSPS) is 17.1. The van der Waals surface area contributed by atoms with Gasteiger partial charge in [0, 0.05) is 13.0 Å². The Labute approximate surface area is 89.9 Å². The molecule has 88 valence electrons. The van der Waals surface area contributed by atoms with Crippen LogP contribution < -0.4 is 15.4 Å². The van der Waals surface area contributed by atoms with E-state index in [1.165, 1.54) is 7.05 Å². The van der Waals surface area contributed by atoms with E-state index in [9.17, 15) is 13.2 Å². The average Bonchev–Trinajstić information content (AvgIpc) is 2.11. The molecule has 1 fully saturated rings. The van der Waals surface area contributed by atoms with Gasteiger partial charge in [-0.3, -0.25) is 4.79 Å². The number of carbonyl (C=O) groups is 1. The Balaban J connectivity index is 2.11. The number of amides is 1. The standard InChI is InChI=1S/C8H17N3O3S/c1-9-15(13,14)3-2-11-8(12)4-7-5-10-6-7/h7,9-10H,2-6H2,1H3,(H,11,12). The Kier molecular flexibility index (Phi) is 4.49. The molecule has 15 heavy (non-hydrogen) atoms. The zero-order chi connectivity index (χ0) is 11.3. The molecule has 1 heterocycles. The van der Waals surface area contributed by atoms with E-state index < -0.39 is 10.0 Å². The quantitative estimate of drug-likeness (QED) is 0.510. The molecule has 0 aromatic carbocycles. The fraction of sp³-hybridized carbons (Fsp3) is 0.875. The van der Waals surface area contributed by atoms with E-state index in [1.807, 2.05) is 0 Å². The van der Waals surface area contributed by atoms with Crippen molar-refractivity contribution >= 4 is 15.9 Å². The summed E-state index contributed by atoms with van der Waals surface area (Å²) in [5.74, 6) is 0.261. The molecule has 3 N–H and O–H groups in total. The van der Waals surface area contributed by atoms with Gasteiger partial charge in [0.15, 0.2) is 0 Å². The average molecular weight is 235 g/mol. The summed E-state index contributed by atoms with van der Waals surface area (Å²) in [5, 5.41) is 5.66. The van der Waals surface area contributed by atoms with Gasteiger partial charge in [0.1, 0.15) is 0 Å². The predicted octanol–water partition coefficient (Wildman–Crippen LogP) is -1.74. The Morgan fingerprint density at radius 1 is 1.47 bits per heavy atom. The predicted molar refractivity (Wildman–Crippen MR) is 56.8 cm³/mol. The minimum Gasteiger partial charge on any atom is -0.355 e. The first kappa shape index (κ1) is 12.4. The largest absolute Gasteiger partial charge is 0.355 e. The smallest absolute Gasteiger partial charge is 0.220 e. The number of sulfonamides is 1. The second-order valence-electron chi connectivity index (χ2n) is 3.60. The summed E-state index contributed by atoms with van der Waals surface area (Å²) in [6, 6.07) is 0. The van der Waals surface area contributed by atoms with Crippen molar-refractivity contribution in [1.82, 2.24) is 15.4 Å². The van der Waals surface area contributed by atoms with Crippen molar-refractivity contribution in [2.45, 2.75) is 6.42 Å². The van der Waals surface area contributed by atoms with Crippen molar-refractivity contribution in [3.05, 3.63) is 0 Å². The third-order valence-corrected chi connectivity index (χ3v) is 3.71. The van der Waals surface area contributed by atoms with Crippen LogP contribution in [-0.2, 0) is 14.8 Å². The molecule has 6 nitrogen and oxygen atoms in total. The summed E-state index contributed by atoms with van der Waals surface area (Å²) in [4.78, 5) is 11.3. The molecular formula is C8H17N3O3S. The van der Waals surface area contributed by atoms with Crippen molar-refractivity contribution in [2.24, 2.45) is 5.92 Å². The highest BCUT2D eigenvalue weighted by Crippen LogP contribution is 2.07. The van der Waals surface area contributed by atoms with Crippen molar-refractivity contribution < 1.29 is 13.2 Å². The molecule has 0 aliphatic carbocycles. The Bertz CT molecular complexity index is 311. The molecule has 1 saturated heterocycles. The molecule has 0 saturated carbocycles. The van der Waals surface area contributed by atoms with E-state index in [1.54, 1.807) is 0 Å². The number of carbonyl (C=O) groups excluding carboxylic acids is 1. The molecule has 1 aliphatic rings. The molecule has 0 aromatic heterocycles. The van der Waals surface area contributed by atoms with E-state index in [0.717, 1.165) is 13.1 Å². The maximum absolute atomic E-state index is 11.3. The molecular weight excluding hydrogens is 218 g/mol. The zero-order valence-corrected chi connectivity index (χ0v) is 9.56. The second kappa shape index (κ2) is 5.43. The number of nitrogens with one attached hydrogen (secondary N) is 3. The molecule has 0 bridgehead atoms.